The molecule has 1 amide bonds. The van der Waals surface area contributed by atoms with Crippen LogP contribution in [0.1, 0.15) is 251 Å². The maximum absolute atomic E-state index is 12.5. The first kappa shape index (κ1) is 57.3. The highest BCUT2D eigenvalue weighted by molar-refractivity contribution is 5.80. The van der Waals surface area contributed by atoms with Gasteiger partial charge in [-0.15, -0.1) is 0 Å². The minimum absolute atomic E-state index is 0.343. The zero-order valence-corrected chi connectivity index (χ0v) is 39.0. The summed E-state index contributed by atoms with van der Waals surface area (Å²) in [5, 5.41) is 43.8. The Hall–Kier alpha value is -1.73. The van der Waals surface area contributed by atoms with Crippen molar-refractivity contribution in [3.63, 3.8) is 0 Å². The molecule has 0 aromatic rings. The van der Waals surface area contributed by atoms with Gasteiger partial charge in [0.25, 0.3) is 0 Å². The van der Waals surface area contributed by atoms with Crippen molar-refractivity contribution in [2.45, 2.75) is 276 Å². The van der Waals surface area contributed by atoms with Gasteiger partial charge < -0.3 is 25.7 Å². The minimum atomic E-state index is -1.30. The summed E-state index contributed by atoms with van der Waals surface area (Å²) in [7, 11) is 0. The Morgan fingerprint density at radius 1 is 0.407 bits per heavy atom. The second-order valence-electron chi connectivity index (χ2n) is 17.5. The van der Waals surface area contributed by atoms with E-state index < -0.39 is 36.9 Å². The second-order valence-corrected chi connectivity index (χ2v) is 17.5. The lowest BCUT2D eigenvalue weighted by molar-refractivity contribution is -0.132. The lowest BCUT2D eigenvalue weighted by Crippen LogP contribution is -2.53. The van der Waals surface area contributed by atoms with Gasteiger partial charge in [-0.2, -0.15) is 0 Å². The van der Waals surface area contributed by atoms with Crippen molar-refractivity contribution in [3.05, 3.63) is 48.6 Å². The number of hydrogen-bond donors (Lipinski definition) is 5. The Bertz CT molecular complexity index is 977. The van der Waals surface area contributed by atoms with E-state index in [2.05, 4.69) is 67.8 Å². The molecule has 0 aromatic heterocycles. The first-order valence-corrected chi connectivity index (χ1v) is 25.5. The Morgan fingerprint density at radius 3 is 1.07 bits per heavy atom. The fourth-order valence-corrected chi connectivity index (χ4v) is 7.67. The van der Waals surface area contributed by atoms with E-state index >= 15 is 0 Å². The lowest BCUT2D eigenvalue weighted by atomic mass is 10.00. The summed E-state index contributed by atoms with van der Waals surface area (Å²) >= 11 is 0. The van der Waals surface area contributed by atoms with Crippen molar-refractivity contribution in [2.75, 3.05) is 6.61 Å². The third-order valence-corrected chi connectivity index (χ3v) is 11.7. The van der Waals surface area contributed by atoms with Gasteiger partial charge >= 0.3 is 0 Å². The summed E-state index contributed by atoms with van der Waals surface area (Å²) in [5.74, 6) is -0.608. The van der Waals surface area contributed by atoms with Crippen molar-refractivity contribution in [1.29, 1.82) is 0 Å². The van der Waals surface area contributed by atoms with Gasteiger partial charge in [0.2, 0.25) is 5.91 Å². The predicted molar refractivity (Wildman–Crippen MR) is 256 cm³/mol. The van der Waals surface area contributed by atoms with Gasteiger partial charge in [0.05, 0.1) is 18.8 Å². The lowest BCUT2D eigenvalue weighted by Gasteiger charge is -2.27. The first-order valence-electron chi connectivity index (χ1n) is 25.5. The van der Waals surface area contributed by atoms with Crippen molar-refractivity contribution in [1.82, 2.24) is 5.32 Å². The van der Waals surface area contributed by atoms with Crippen LogP contribution < -0.4 is 5.32 Å². The normalized spacial score (nSPS) is 14.3. The molecule has 346 valence electrons. The molecule has 0 aliphatic carbocycles. The topological polar surface area (TPSA) is 110 Å². The molecule has 6 heteroatoms. The number of allylic oxidation sites excluding steroid dienone is 8. The summed E-state index contributed by atoms with van der Waals surface area (Å²) in [4.78, 5) is 12.5. The van der Waals surface area contributed by atoms with Crippen molar-refractivity contribution in [3.8, 4) is 0 Å². The van der Waals surface area contributed by atoms with Gasteiger partial charge in [-0.25, -0.2) is 0 Å². The van der Waals surface area contributed by atoms with Crippen LogP contribution in [0.4, 0.5) is 0 Å². The van der Waals surface area contributed by atoms with E-state index in [1.54, 1.807) is 0 Å². The van der Waals surface area contributed by atoms with E-state index in [9.17, 15) is 25.2 Å². The van der Waals surface area contributed by atoms with E-state index in [0.29, 0.717) is 19.3 Å². The molecular weight excluding hydrogens is 731 g/mol. The molecule has 4 atom stereocenters. The van der Waals surface area contributed by atoms with E-state index in [1.807, 2.05) is 0 Å². The first-order chi connectivity index (χ1) is 29.0. The Morgan fingerprint density at radius 2 is 0.712 bits per heavy atom. The maximum atomic E-state index is 12.5. The molecule has 0 saturated carbocycles. The van der Waals surface area contributed by atoms with Crippen LogP contribution in [0.25, 0.3) is 0 Å². The number of nitrogens with one attached hydrogen (secondary N) is 1. The van der Waals surface area contributed by atoms with E-state index in [1.165, 1.54) is 154 Å². The monoisotopic (exact) mass is 830 g/mol. The van der Waals surface area contributed by atoms with Crippen molar-refractivity contribution >= 4 is 5.91 Å². The molecule has 0 rings (SSSR count). The van der Waals surface area contributed by atoms with Gasteiger partial charge in [-0.3, -0.25) is 4.79 Å². The van der Waals surface area contributed by atoms with Crippen LogP contribution in [0, 0.1) is 0 Å². The van der Waals surface area contributed by atoms with Crippen LogP contribution in [0.3, 0.4) is 0 Å². The molecule has 0 spiro atoms. The summed E-state index contributed by atoms with van der Waals surface area (Å²) in [6, 6.07) is -1.02. The third kappa shape index (κ3) is 41.4. The Kier molecular flexibility index (Phi) is 45.9. The zero-order valence-electron chi connectivity index (χ0n) is 39.0. The molecule has 0 saturated heterocycles. The highest BCUT2D eigenvalue weighted by atomic mass is 16.3. The number of carbonyl (C=O) groups excluding carboxylic acids is 1. The Labute approximate surface area is 366 Å². The summed E-state index contributed by atoms with van der Waals surface area (Å²) in [6.45, 7) is 4.04. The van der Waals surface area contributed by atoms with Crippen LogP contribution in [0.15, 0.2) is 48.6 Å². The maximum Gasteiger partial charge on any atom is 0.249 e. The number of carbonyl (C=O) groups is 1. The van der Waals surface area contributed by atoms with Gasteiger partial charge in [0.1, 0.15) is 12.2 Å². The van der Waals surface area contributed by atoms with Gasteiger partial charge in [0, 0.05) is 0 Å². The molecule has 6 nitrogen and oxygen atoms in total. The summed E-state index contributed by atoms with van der Waals surface area (Å²) < 4.78 is 0. The molecule has 0 radical (unpaired) electrons. The molecule has 0 aromatic carbocycles. The smallest absolute Gasteiger partial charge is 0.249 e. The minimum Gasteiger partial charge on any atom is -0.394 e. The Balaban J connectivity index is 3.78. The zero-order chi connectivity index (χ0) is 43.1. The predicted octanol–water partition coefficient (Wildman–Crippen LogP) is 14.2. The standard InChI is InChI=1S/C53H99NO5/c1-3-5-7-9-11-13-15-17-19-21-22-23-24-25-26-27-28-29-31-32-34-36-38-40-42-44-46-50(56)52(58)49(48-55)54-53(59)51(57)47-45-43-41-39-37-35-33-30-20-18-16-14-12-10-8-6-4-2/h26-27,31-33,35,38,40,49-52,55-58H,3-25,28-30,34,36-37,39,41-48H2,1-2H3,(H,54,59)/b27-26+,32-31+,35-33-,40-38+. The molecule has 4 unspecified atom stereocenters. The molecule has 5 N–H and O–H groups in total. The quantitative estimate of drug-likeness (QED) is 0.0310. The number of hydrogen-bond acceptors (Lipinski definition) is 5. The fraction of sp³-hybridized carbons (Fsp3) is 0.830. The molecule has 0 bridgehead atoms. The summed E-state index contributed by atoms with van der Waals surface area (Å²) in [6.07, 6.45) is 58.8. The second kappa shape index (κ2) is 47.3. The average Bonchev–Trinajstić information content (AvgIpc) is 3.24. The molecule has 0 aliphatic rings. The number of aliphatic hydroxyl groups excluding tert-OH is 4. The van der Waals surface area contributed by atoms with Gasteiger partial charge in [-0.05, 0) is 89.9 Å². The summed E-state index contributed by atoms with van der Waals surface area (Å²) in [5.41, 5.74) is 0. The molecule has 0 fully saturated rings. The average molecular weight is 830 g/mol. The number of rotatable bonds is 46. The van der Waals surface area contributed by atoms with E-state index in [0.717, 1.165) is 64.2 Å². The van der Waals surface area contributed by atoms with E-state index in [-0.39, 0.29) is 0 Å². The number of amides is 1. The van der Waals surface area contributed by atoms with Gasteiger partial charge in [0.15, 0.2) is 0 Å². The largest absolute Gasteiger partial charge is 0.394 e. The van der Waals surface area contributed by atoms with Crippen LogP contribution in [-0.4, -0.2) is 57.3 Å². The van der Waals surface area contributed by atoms with Gasteiger partial charge in [-0.1, -0.05) is 210 Å². The molecule has 59 heavy (non-hydrogen) atoms. The number of aliphatic hydroxyl groups is 4. The van der Waals surface area contributed by atoms with Crippen LogP contribution in [0.2, 0.25) is 0 Å². The van der Waals surface area contributed by atoms with Crippen LogP contribution >= 0.6 is 0 Å². The highest BCUT2D eigenvalue weighted by Gasteiger charge is 2.28. The molecular formula is C53H99NO5. The van der Waals surface area contributed by atoms with Crippen molar-refractivity contribution in [2.24, 2.45) is 0 Å². The fourth-order valence-electron chi connectivity index (χ4n) is 7.67. The van der Waals surface area contributed by atoms with Crippen LogP contribution in [-0.2, 0) is 4.79 Å². The molecule has 0 aliphatic heterocycles. The van der Waals surface area contributed by atoms with Crippen LogP contribution in [0.5, 0.6) is 0 Å². The number of unbranched alkanes of at least 4 members (excludes halogenated alkanes) is 29. The highest BCUT2D eigenvalue weighted by Crippen LogP contribution is 2.15. The molecule has 0 heterocycles. The van der Waals surface area contributed by atoms with Crippen molar-refractivity contribution < 1.29 is 25.2 Å². The SMILES string of the molecule is CCCCCCCCCCC/C=C\CCCCCCC(O)C(=O)NC(CO)C(O)C(O)CCC/C=C/CC/C=C/CC/C=C/CCCCCCCCCCCCCCC. The van der Waals surface area contributed by atoms with E-state index in [4.69, 9.17) is 0 Å². The third-order valence-electron chi connectivity index (χ3n) is 11.7.